The number of para-hydroxylation sites is 1. The fraction of sp³-hybridized carbons (Fsp3) is 0.351. The zero-order chi connectivity index (χ0) is 34.1. The summed E-state index contributed by atoms with van der Waals surface area (Å²) in [6.07, 6.45) is -1.19. The van der Waals surface area contributed by atoms with Gasteiger partial charge in [0.1, 0.15) is 36.1 Å². The molecule has 1 heterocycles. The number of hydrogen-bond acceptors (Lipinski definition) is 7. The van der Waals surface area contributed by atoms with Gasteiger partial charge in [0.15, 0.2) is 0 Å². The number of esters is 2. The van der Waals surface area contributed by atoms with Gasteiger partial charge < -0.3 is 29.2 Å². The average Bonchev–Trinajstić information content (AvgIpc) is 3.46. The first-order chi connectivity index (χ1) is 22.1. The molecule has 0 saturated carbocycles. The molecule has 1 aliphatic carbocycles. The van der Waals surface area contributed by atoms with Crippen LogP contribution in [0.1, 0.15) is 74.6 Å². The number of carbonyl (C=O) groups is 4. The molecule has 1 aromatic heterocycles. The van der Waals surface area contributed by atoms with Gasteiger partial charge in [-0.3, -0.25) is 4.79 Å². The highest BCUT2D eigenvalue weighted by molar-refractivity contribution is 6.00. The summed E-state index contributed by atoms with van der Waals surface area (Å²) in [7, 11) is 0. The molecule has 0 aliphatic heterocycles. The van der Waals surface area contributed by atoms with Crippen LogP contribution in [0.3, 0.4) is 0 Å². The van der Waals surface area contributed by atoms with Crippen LogP contribution in [0.25, 0.3) is 22.0 Å². The maximum atomic E-state index is 13.7. The lowest BCUT2D eigenvalue weighted by atomic mass is 9.98. The minimum Gasteiger partial charge on any atom is -0.480 e. The van der Waals surface area contributed by atoms with Crippen molar-refractivity contribution < 1.29 is 38.5 Å². The first kappa shape index (κ1) is 33.2. The summed E-state index contributed by atoms with van der Waals surface area (Å²) >= 11 is 0. The Morgan fingerprint density at radius 3 is 1.94 bits per heavy atom. The summed E-state index contributed by atoms with van der Waals surface area (Å²) in [5.41, 5.74) is 3.36. The normalized spacial score (nSPS) is 13.4. The highest BCUT2D eigenvalue weighted by Gasteiger charge is 2.33. The van der Waals surface area contributed by atoms with Crippen LogP contribution < -0.4 is 5.32 Å². The second-order valence-electron chi connectivity index (χ2n) is 13.6. The number of benzene rings is 3. The summed E-state index contributed by atoms with van der Waals surface area (Å²) in [4.78, 5) is 52.4. The van der Waals surface area contributed by atoms with Crippen LogP contribution in [-0.2, 0) is 36.8 Å². The second kappa shape index (κ2) is 12.9. The van der Waals surface area contributed by atoms with Crippen molar-refractivity contribution in [2.24, 2.45) is 0 Å². The number of hydrogen-bond donors (Lipinski definition) is 2. The van der Waals surface area contributed by atoms with E-state index in [2.05, 4.69) is 5.32 Å². The van der Waals surface area contributed by atoms with Crippen molar-refractivity contribution in [1.29, 1.82) is 0 Å². The molecule has 3 aromatic carbocycles. The molecule has 1 atom stereocenters. The van der Waals surface area contributed by atoms with Gasteiger partial charge in [-0.15, -0.1) is 0 Å². The highest BCUT2D eigenvalue weighted by atomic mass is 16.6. The van der Waals surface area contributed by atoms with Gasteiger partial charge in [0, 0.05) is 23.2 Å². The first-order valence-electron chi connectivity index (χ1n) is 15.5. The molecule has 10 heteroatoms. The third kappa shape index (κ3) is 7.48. The van der Waals surface area contributed by atoms with E-state index in [9.17, 15) is 24.3 Å². The van der Waals surface area contributed by atoms with E-state index >= 15 is 0 Å². The summed E-state index contributed by atoms with van der Waals surface area (Å²) in [5, 5.41) is 13.2. The van der Waals surface area contributed by atoms with Crippen molar-refractivity contribution in [2.45, 2.75) is 77.7 Å². The van der Waals surface area contributed by atoms with Crippen LogP contribution >= 0.6 is 0 Å². The SMILES string of the molecule is CC(C)(C)OC(=O)Cn1c(C(=O)OC(C)(C)C)c(C[C@H](NC(=O)OCC2c3ccccc3-c3ccccc32)C(=O)O)c2ccccc21. The van der Waals surface area contributed by atoms with Crippen LogP contribution in [-0.4, -0.2) is 57.5 Å². The first-order valence-corrected chi connectivity index (χ1v) is 15.5. The molecular weight excluding hydrogens is 600 g/mol. The number of carbonyl (C=O) groups excluding carboxylic acids is 3. The zero-order valence-corrected chi connectivity index (χ0v) is 27.5. The molecule has 1 aliphatic rings. The zero-order valence-electron chi connectivity index (χ0n) is 27.5. The molecule has 0 radical (unpaired) electrons. The number of nitrogens with zero attached hydrogens (tertiary/aromatic N) is 1. The summed E-state index contributed by atoms with van der Waals surface area (Å²) < 4.78 is 18.4. The van der Waals surface area contributed by atoms with Gasteiger partial charge in [-0.05, 0) is 75.4 Å². The number of nitrogens with one attached hydrogen (secondary N) is 1. The van der Waals surface area contributed by atoms with Crippen molar-refractivity contribution >= 4 is 34.9 Å². The van der Waals surface area contributed by atoms with Gasteiger partial charge in [-0.25, -0.2) is 14.4 Å². The van der Waals surface area contributed by atoms with Crippen molar-refractivity contribution in [2.75, 3.05) is 6.61 Å². The van der Waals surface area contributed by atoms with Gasteiger partial charge >= 0.3 is 24.0 Å². The Balaban J connectivity index is 1.43. The predicted octanol–water partition coefficient (Wildman–Crippen LogP) is 6.47. The second-order valence-corrected chi connectivity index (χ2v) is 13.6. The number of aromatic nitrogens is 1. The van der Waals surface area contributed by atoms with Crippen molar-refractivity contribution in [1.82, 2.24) is 9.88 Å². The van der Waals surface area contributed by atoms with E-state index < -0.39 is 41.2 Å². The Morgan fingerprint density at radius 1 is 0.809 bits per heavy atom. The lowest BCUT2D eigenvalue weighted by Crippen LogP contribution is -2.43. The van der Waals surface area contributed by atoms with E-state index in [-0.39, 0.29) is 31.2 Å². The maximum absolute atomic E-state index is 13.7. The van der Waals surface area contributed by atoms with Crippen LogP contribution in [0, 0.1) is 0 Å². The third-order valence-corrected chi connectivity index (χ3v) is 7.72. The van der Waals surface area contributed by atoms with E-state index in [1.165, 1.54) is 4.57 Å². The van der Waals surface area contributed by atoms with E-state index in [4.69, 9.17) is 14.2 Å². The number of carboxylic acids is 1. The molecule has 47 heavy (non-hydrogen) atoms. The molecule has 0 unspecified atom stereocenters. The topological polar surface area (TPSA) is 133 Å². The summed E-state index contributed by atoms with van der Waals surface area (Å²) in [5.74, 6) is -2.85. The molecule has 5 rings (SSSR count). The van der Waals surface area contributed by atoms with Crippen molar-refractivity contribution in [3.63, 3.8) is 0 Å². The molecule has 0 bridgehead atoms. The van der Waals surface area contributed by atoms with Gasteiger partial charge in [-0.1, -0.05) is 66.7 Å². The number of amides is 1. The number of ether oxygens (including phenoxy) is 3. The van der Waals surface area contributed by atoms with E-state index in [0.717, 1.165) is 22.3 Å². The lowest BCUT2D eigenvalue weighted by Gasteiger charge is -2.23. The lowest BCUT2D eigenvalue weighted by molar-refractivity contribution is -0.155. The molecule has 4 aromatic rings. The standard InChI is InChI=1S/C37H40N2O8/c1-36(2,3)46-31(40)20-39-30-18-12-11-17-26(30)27(32(39)34(43)47-37(4,5)6)19-29(33(41)42)38-35(44)45-21-28-24-15-9-7-13-22(24)23-14-8-10-16-25(23)28/h7-18,28-29H,19-21H2,1-6H3,(H,38,44)(H,41,42)/t29-/m0/s1. The van der Waals surface area contributed by atoms with Crippen LogP contribution in [0.4, 0.5) is 4.79 Å². The molecule has 0 saturated heterocycles. The van der Waals surface area contributed by atoms with Gasteiger partial charge in [0.2, 0.25) is 0 Å². The van der Waals surface area contributed by atoms with Crippen LogP contribution in [0.2, 0.25) is 0 Å². The molecule has 246 valence electrons. The maximum Gasteiger partial charge on any atom is 0.407 e. The molecule has 1 amide bonds. The quantitative estimate of drug-likeness (QED) is 0.157. The fourth-order valence-corrected chi connectivity index (χ4v) is 6.00. The van der Waals surface area contributed by atoms with Gasteiger partial charge in [-0.2, -0.15) is 0 Å². The smallest absolute Gasteiger partial charge is 0.407 e. The number of rotatable bonds is 9. The third-order valence-electron chi connectivity index (χ3n) is 7.72. The Hall–Kier alpha value is -5.12. The summed E-state index contributed by atoms with van der Waals surface area (Å²) in [6.45, 7) is 10.1. The van der Waals surface area contributed by atoms with Gasteiger partial charge in [0.05, 0.1) is 0 Å². The monoisotopic (exact) mass is 640 g/mol. The Morgan fingerprint density at radius 2 is 1.36 bits per heavy atom. The van der Waals surface area contributed by atoms with Crippen LogP contribution in [0.15, 0.2) is 72.8 Å². The number of alkyl carbamates (subject to hydrolysis) is 1. The number of aliphatic carboxylic acids is 1. The van der Waals surface area contributed by atoms with Crippen molar-refractivity contribution in [3.8, 4) is 11.1 Å². The Bertz CT molecular complexity index is 1800. The molecular formula is C37H40N2O8. The Kier molecular flexibility index (Phi) is 9.15. The Labute approximate surface area is 273 Å². The van der Waals surface area contributed by atoms with E-state index in [0.29, 0.717) is 16.5 Å². The molecule has 0 spiro atoms. The largest absolute Gasteiger partial charge is 0.480 e. The fourth-order valence-electron chi connectivity index (χ4n) is 6.00. The minimum absolute atomic E-state index is 0.00452. The number of carboxylic acid groups (broad SMARTS) is 1. The molecule has 0 fully saturated rings. The minimum atomic E-state index is -1.47. The summed E-state index contributed by atoms with van der Waals surface area (Å²) in [6, 6.07) is 21.3. The highest BCUT2D eigenvalue weighted by Crippen LogP contribution is 2.44. The molecule has 10 nitrogen and oxygen atoms in total. The van der Waals surface area contributed by atoms with Crippen LogP contribution in [0.5, 0.6) is 0 Å². The van der Waals surface area contributed by atoms with Crippen molar-refractivity contribution in [3.05, 3.63) is 95.2 Å². The predicted molar refractivity (Wildman–Crippen MR) is 176 cm³/mol. The van der Waals surface area contributed by atoms with Gasteiger partial charge in [0.25, 0.3) is 0 Å². The van der Waals surface area contributed by atoms with E-state index in [1.54, 1.807) is 65.8 Å². The van der Waals surface area contributed by atoms with E-state index in [1.807, 2.05) is 48.5 Å². The number of fused-ring (bicyclic) bond motifs is 4. The molecule has 2 N–H and O–H groups in total. The average molecular weight is 641 g/mol.